The fourth-order valence-electron chi connectivity index (χ4n) is 1.31. The molecule has 0 fully saturated rings. The van der Waals surface area contributed by atoms with Gasteiger partial charge >= 0.3 is 7.12 Å². The summed E-state index contributed by atoms with van der Waals surface area (Å²) in [7, 11) is -0.951. The highest BCUT2D eigenvalue weighted by atomic mass is 35.5. The third kappa shape index (κ3) is 1.08. The number of hydrogen-bond donors (Lipinski definition) is 2. The van der Waals surface area contributed by atoms with E-state index in [2.05, 4.69) is 0 Å². The Morgan fingerprint density at radius 2 is 2.25 bits per heavy atom. The van der Waals surface area contributed by atoms with Gasteiger partial charge in [-0.05, 0) is 17.7 Å². The lowest BCUT2D eigenvalue weighted by molar-refractivity contribution is 0.275. The summed E-state index contributed by atoms with van der Waals surface area (Å²) in [5.74, 6) is 0.0939. The molecule has 2 N–H and O–H groups in total. The Morgan fingerprint density at radius 1 is 1.50 bits per heavy atom. The van der Waals surface area contributed by atoms with Gasteiger partial charge in [0, 0.05) is 10.5 Å². The van der Waals surface area contributed by atoms with Gasteiger partial charge in [0.25, 0.3) is 0 Å². The van der Waals surface area contributed by atoms with E-state index < -0.39 is 7.12 Å². The van der Waals surface area contributed by atoms with Crippen LogP contribution in [0, 0.1) is 0 Å². The van der Waals surface area contributed by atoms with Gasteiger partial charge in [-0.3, -0.25) is 0 Å². The van der Waals surface area contributed by atoms with Crippen molar-refractivity contribution in [1.29, 1.82) is 0 Å². The minimum Gasteiger partial charge on any atom is -0.508 e. The largest absolute Gasteiger partial charge is 0.508 e. The van der Waals surface area contributed by atoms with Crippen LogP contribution in [0.2, 0.25) is 5.02 Å². The summed E-state index contributed by atoms with van der Waals surface area (Å²) in [4.78, 5) is 0. The van der Waals surface area contributed by atoms with Gasteiger partial charge in [0.2, 0.25) is 0 Å². The minimum atomic E-state index is -0.951. The normalized spacial score (nSPS) is 15.0. The molecule has 1 heterocycles. The van der Waals surface area contributed by atoms with Crippen LogP contribution >= 0.6 is 11.6 Å². The topological polar surface area (TPSA) is 49.7 Å². The number of aromatic hydroxyl groups is 1. The summed E-state index contributed by atoms with van der Waals surface area (Å²) < 4.78 is 4.92. The molecule has 0 unspecified atom stereocenters. The summed E-state index contributed by atoms with van der Waals surface area (Å²) >= 11 is 5.77. The Labute approximate surface area is 74.7 Å². The van der Waals surface area contributed by atoms with E-state index >= 15 is 0 Å². The zero-order valence-electron chi connectivity index (χ0n) is 6.12. The second-order valence-corrected chi connectivity index (χ2v) is 3.07. The third-order valence-corrected chi connectivity index (χ3v) is 2.16. The summed E-state index contributed by atoms with van der Waals surface area (Å²) in [5, 5.41) is 18.7. The van der Waals surface area contributed by atoms with Gasteiger partial charge in [0.05, 0.1) is 6.61 Å². The van der Waals surface area contributed by atoms with Crippen molar-refractivity contribution >= 4 is 24.2 Å². The average molecular weight is 184 g/mol. The first-order chi connectivity index (χ1) is 5.68. The van der Waals surface area contributed by atoms with E-state index in [1.807, 2.05) is 0 Å². The van der Waals surface area contributed by atoms with E-state index in [-0.39, 0.29) is 5.75 Å². The molecule has 0 aliphatic carbocycles. The molecule has 12 heavy (non-hydrogen) atoms. The molecule has 1 aliphatic rings. The number of rotatable bonds is 0. The lowest BCUT2D eigenvalue weighted by atomic mass is 9.79. The van der Waals surface area contributed by atoms with E-state index in [1.54, 1.807) is 0 Å². The van der Waals surface area contributed by atoms with Crippen LogP contribution in [0.15, 0.2) is 12.1 Å². The Balaban J connectivity index is 2.60. The molecule has 0 aromatic heterocycles. The standard InChI is InChI=1S/C7H6BClO3/c9-6-2-5(10)1-4-3-12-8(11)7(4)6/h1-2,10-11H,3H2. The van der Waals surface area contributed by atoms with Crippen molar-refractivity contribution in [2.45, 2.75) is 6.61 Å². The van der Waals surface area contributed by atoms with Crippen molar-refractivity contribution in [3.63, 3.8) is 0 Å². The summed E-state index contributed by atoms with van der Waals surface area (Å²) in [6.45, 7) is 0.296. The Morgan fingerprint density at radius 3 is 3.00 bits per heavy atom. The number of phenolic OH excluding ortho intramolecular Hbond substituents is 1. The van der Waals surface area contributed by atoms with Crippen LogP contribution in [0.25, 0.3) is 0 Å². The molecule has 0 atom stereocenters. The van der Waals surface area contributed by atoms with Crippen LogP contribution in [0.3, 0.4) is 0 Å². The maximum atomic E-state index is 9.26. The van der Waals surface area contributed by atoms with Crippen molar-refractivity contribution in [3.05, 3.63) is 22.7 Å². The monoisotopic (exact) mass is 184 g/mol. The van der Waals surface area contributed by atoms with Crippen molar-refractivity contribution in [3.8, 4) is 5.75 Å². The highest BCUT2D eigenvalue weighted by molar-refractivity contribution is 6.65. The van der Waals surface area contributed by atoms with Gasteiger partial charge in [-0.25, -0.2) is 0 Å². The van der Waals surface area contributed by atoms with Gasteiger partial charge in [0.15, 0.2) is 0 Å². The molecule has 0 radical (unpaired) electrons. The minimum absolute atomic E-state index is 0.0939. The van der Waals surface area contributed by atoms with E-state index in [9.17, 15) is 5.02 Å². The molecule has 1 aromatic carbocycles. The van der Waals surface area contributed by atoms with Crippen molar-refractivity contribution in [1.82, 2.24) is 0 Å². The molecule has 0 spiro atoms. The molecule has 0 amide bonds. The number of benzene rings is 1. The summed E-state index contributed by atoms with van der Waals surface area (Å²) in [5.41, 5.74) is 1.31. The first kappa shape index (κ1) is 7.92. The molecule has 0 saturated carbocycles. The lowest BCUT2D eigenvalue weighted by Gasteiger charge is -2.01. The van der Waals surface area contributed by atoms with Crippen LogP contribution in [0.1, 0.15) is 5.56 Å². The highest BCUT2D eigenvalue weighted by Gasteiger charge is 2.30. The number of halogens is 1. The van der Waals surface area contributed by atoms with Crippen molar-refractivity contribution in [2.75, 3.05) is 0 Å². The van der Waals surface area contributed by atoms with E-state index in [0.29, 0.717) is 17.1 Å². The quantitative estimate of drug-likeness (QED) is 0.569. The molecule has 1 aromatic rings. The molecular formula is C7H6BClO3. The predicted octanol–water partition coefficient (Wildman–Crippen LogP) is 0.263. The second kappa shape index (κ2) is 2.66. The molecule has 5 heteroatoms. The van der Waals surface area contributed by atoms with Crippen LogP contribution in [-0.2, 0) is 11.3 Å². The van der Waals surface area contributed by atoms with Gasteiger partial charge in [-0.15, -0.1) is 0 Å². The van der Waals surface area contributed by atoms with Crippen LogP contribution < -0.4 is 5.46 Å². The maximum absolute atomic E-state index is 9.26. The fraction of sp³-hybridized carbons (Fsp3) is 0.143. The number of fused-ring (bicyclic) bond motifs is 1. The fourth-order valence-corrected chi connectivity index (χ4v) is 1.63. The molecule has 0 saturated heterocycles. The Hall–Kier alpha value is -0.705. The summed E-state index contributed by atoms with van der Waals surface area (Å²) in [6.07, 6.45) is 0. The van der Waals surface area contributed by atoms with Gasteiger partial charge in [-0.2, -0.15) is 0 Å². The molecular weight excluding hydrogens is 178 g/mol. The Kier molecular flexibility index (Phi) is 1.75. The molecule has 1 aliphatic heterocycles. The first-order valence-electron chi connectivity index (χ1n) is 3.49. The van der Waals surface area contributed by atoms with Crippen molar-refractivity contribution < 1.29 is 14.8 Å². The summed E-state index contributed by atoms with van der Waals surface area (Å²) in [6, 6.07) is 2.93. The van der Waals surface area contributed by atoms with Crippen molar-refractivity contribution in [2.24, 2.45) is 0 Å². The molecule has 2 rings (SSSR count). The number of phenols is 1. The zero-order valence-corrected chi connectivity index (χ0v) is 6.88. The van der Waals surface area contributed by atoms with Gasteiger partial charge in [0.1, 0.15) is 5.75 Å². The van der Waals surface area contributed by atoms with Gasteiger partial charge in [-0.1, -0.05) is 11.6 Å². The van der Waals surface area contributed by atoms with E-state index in [4.69, 9.17) is 21.4 Å². The molecule has 0 bridgehead atoms. The highest BCUT2D eigenvalue weighted by Crippen LogP contribution is 2.22. The predicted molar refractivity (Wildman–Crippen MR) is 45.5 cm³/mol. The first-order valence-corrected chi connectivity index (χ1v) is 3.87. The van der Waals surface area contributed by atoms with Crippen LogP contribution in [0.5, 0.6) is 5.75 Å². The SMILES string of the molecule is OB1OCc2cc(O)cc(Cl)c21. The van der Waals surface area contributed by atoms with Crippen LogP contribution in [0.4, 0.5) is 0 Å². The van der Waals surface area contributed by atoms with Gasteiger partial charge < -0.3 is 14.8 Å². The second-order valence-electron chi connectivity index (χ2n) is 2.66. The molecule has 3 nitrogen and oxygen atoms in total. The van der Waals surface area contributed by atoms with E-state index in [1.165, 1.54) is 12.1 Å². The Bertz CT molecular complexity index is 329. The number of hydrogen-bond acceptors (Lipinski definition) is 3. The van der Waals surface area contributed by atoms with E-state index in [0.717, 1.165) is 5.56 Å². The maximum Gasteiger partial charge on any atom is 0.493 e. The smallest absolute Gasteiger partial charge is 0.493 e. The zero-order chi connectivity index (χ0) is 8.72. The molecule has 62 valence electrons. The third-order valence-electron chi connectivity index (χ3n) is 1.84. The lowest BCUT2D eigenvalue weighted by Crippen LogP contribution is -2.28. The van der Waals surface area contributed by atoms with Crippen LogP contribution in [-0.4, -0.2) is 17.2 Å². The average Bonchev–Trinajstić information content (AvgIpc) is 2.31.